The van der Waals surface area contributed by atoms with E-state index in [1.807, 2.05) is 0 Å². The molecular formula is C5H8O2. The number of hydrogen-bond acceptors (Lipinski definition) is 2. The molecular weight excluding hydrogens is 92.1 g/mol. The molecule has 0 spiro atoms. The van der Waals surface area contributed by atoms with E-state index in [0.29, 0.717) is 5.92 Å². The molecule has 2 unspecified atom stereocenters. The van der Waals surface area contributed by atoms with Crippen molar-refractivity contribution in [2.24, 2.45) is 5.92 Å². The summed E-state index contributed by atoms with van der Waals surface area (Å²) in [6.07, 6.45) is 1.95. The summed E-state index contributed by atoms with van der Waals surface area (Å²) in [4.78, 5) is 0. The van der Waals surface area contributed by atoms with Gasteiger partial charge < -0.3 is 9.84 Å². The van der Waals surface area contributed by atoms with Crippen molar-refractivity contribution < 1.29 is 9.84 Å². The molecule has 1 heterocycles. The molecule has 0 aromatic heterocycles. The van der Waals surface area contributed by atoms with E-state index in [-0.39, 0.29) is 0 Å². The van der Waals surface area contributed by atoms with Gasteiger partial charge in [-0.2, -0.15) is 0 Å². The second-order valence-electron chi connectivity index (χ2n) is 2.38. The van der Waals surface area contributed by atoms with Gasteiger partial charge in [-0.05, 0) is 6.42 Å². The lowest BCUT2D eigenvalue weighted by molar-refractivity contribution is -0.104. The van der Waals surface area contributed by atoms with Crippen molar-refractivity contribution in [2.45, 2.75) is 18.6 Å². The van der Waals surface area contributed by atoms with E-state index in [2.05, 4.69) is 0 Å². The summed E-state index contributed by atoms with van der Waals surface area (Å²) >= 11 is 0. The first-order valence-electron chi connectivity index (χ1n) is 2.68. The predicted octanol–water partition coefficient (Wildman–Crippen LogP) is 0.115. The van der Waals surface area contributed by atoms with Gasteiger partial charge in [0.25, 0.3) is 0 Å². The molecule has 7 heavy (non-hydrogen) atoms. The highest BCUT2D eigenvalue weighted by Crippen LogP contribution is 2.51. The number of hydrogen-bond donors (Lipinski definition) is 1. The van der Waals surface area contributed by atoms with Crippen LogP contribution in [0.15, 0.2) is 0 Å². The molecule has 1 aliphatic carbocycles. The third kappa shape index (κ3) is 0.359. The molecule has 2 fully saturated rings. The topological polar surface area (TPSA) is 29.5 Å². The molecule has 1 saturated heterocycles. The largest absolute Gasteiger partial charge is 0.365 e. The Morgan fingerprint density at radius 1 is 1.71 bits per heavy atom. The molecule has 1 N–H and O–H groups in total. The van der Waals surface area contributed by atoms with E-state index in [1.165, 1.54) is 0 Å². The van der Waals surface area contributed by atoms with Gasteiger partial charge in [0, 0.05) is 12.3 Å². The van der Waals surface area contributed by atoms with Crippen molar-refractivity contribution in [2.75, 3.05) is 6.61 Å². The van der Waals surface area contributed by atoms with Gasteiger partial charge in [0.2, 0.25) is 0 Å². The van der Waals surface area contributed by atoms with Crippen molar-refractivity contribution >= 4 is 0 Å². The number of aliphatic hydroxyl groups is 1. The Hall–Kier alpha value is -0.0800. The van der Waals surface area contributed by atoms with Crippen LogP contribution in [-0.4, -0.2) is 17.5 Å². The van der Waals surface area contributed by atoms with Gasteiger partial charge in [0.15, 0.2) is 5.79 Å². The average Bonchev–Trinajstić information content (AvgIpc) is 2.09. The van der Waals surface area contributed by atoms with Gasteiger partial charge in [-0.3, -0.25) is 0 Å². The van der Waals surface area contributed by atoms with Crippen molar-refractivity contribution in [1.82, 2.24) is 0 Å². The van der Waals surface area contributed by atoms with Crippen LogP contribution in [0.2, 0.25) is 0 Å². The summed E-state index contributed by atoms with van der Waals surface area (Å²) < 4.78 is 4.97. The van der Waals surface area contributed by atoms with Gasteiger partial charge in [-0.25, -0.2) is 0 Å². The monoisotopic (exact) mass is 100 g/mol. The highest BCUT2D eigenvalue weighted by Gasteiger charge is 2.57. The summed E-state index contributed by atoms with van der Waals surface area (Å²) in [7, 11) is 0. The van der Waals surface area contributed by atoms with Crippen LogP contribution in [0.3, 0.4) is 0 Å². The smallest absolute Gasteiger partial charge is 0.168 e. The van der Waals surface area contributed by atoms with Crippen LogP contribution in [0.1, 0.15) is 12.8 Å². The van der Waals surface area contributed by atoms with E-state index in [4.69, 9.17) is 9.84 Å². The molecule has 2 atom stereocenters. The van der Waals surface area contributed by atoms with Crippen LogP contribution >= 0.6 is 0 Å². The third-order valence-corrected chi connectivity index (χ3v) is 1.83. The zero-order valence-corrected chi connectivity index (χ0v) is 4.05. The van der Waals surface area contributed by atoms with Crippen LogP contribution in [0.4, 0.5) is 0 Å². The van der Waals surface area contributed by atoms with Crippen LogP contribution in [0, 0.1) is 5.92 Å². The first-order chi connectivity index (χ1) is 3.31. The van der Waals surface area contributed by atoms with E-state index < -0.39 is 5.79 Å². The summed E-state index contributed by atoms with van der Waals surface area (Å²) in [5, 5.41) is 9.05. The molecule has 1 saturated carbocycles. The summed E-state index contributed by atoms with van der Waals surface area (Å²) in [6, 6.07) is 0. The number of ether oxygens (including phenoxy) is 1. The number of fused-ring (bicyclic) bond motifs is 1. The molecule has 0 bridgehead atoms. The lowest BCUT2D eigenvalue weighted by Crippen LogP contribution is -2.08. The molecule has 2 heteroatoms. The maximum absolute atomic E-state index is 9.05. The number of rotatable bonds is 0. The highest BCUT2D eigenvalue weighted by atomic mass is 16.6. The Kier molecular flexibility index (Phi) is 0.474. The second kappa shape index (κ2) is 0.858. The normalized spacial score (nSPS) is 57.0. The lowest BCUT2D eigenvalue weighted by atomic mass is 10.3. The summed E-state index contributed by atoms with van der Waals surface area (Å²) in [5.41, 5.74) is 0. The summed E-state index contributed by atoms with van der Waals surface area (Å²) in [6.45, 7) is 0.765. The molecule has 0 radical (unpaired) electrons. The zero-order valence-electron chi connectivity index (χ0n) is 4.05. The minimum absolute atomic E-state index is 0.493. The van der Waals surface area contributed by atoms with Crippen molar-refractivity contribution in [1.29, 1.82) is 0 Å². The van der Waals surface area contributed by atoms with Crippen molar-refractivity contribution in [3.8, 4) is 0 Å². The molecule has 2 aliphatic rings. The second-order valence-corrected chi connectivity index (χ2v) is 2.38. The zero-order chi connectivity index (χ0) is 4.91. The Morgan fingerprint density at radius 2 is 2.57 bits per heavy atom. The van der Waals surface area contributed by atoms with Crippen LogP contribution < -0.4 is 0 Å². The fraction of sp³-hybridized carbons (Fsp3) is 1.00. The minimum Gasteiger partial charge on any atom is -0.365 e. The first-order valence-corrected chi connectivity index (χ1v) is 2.68. The van der Waals surface area contributed by atoms with Crippen molar-refractivity contribution in [3.63, 3.8) is 0 Å². The highest BCUT2D eigenvalue weighted by molar-refractivity contribution is 4.99. The fourth-order valence-corrected chi connectivity index (χ4v) is 1.18. The van der Waals surface area contributed by atoms with Gasteiger partial charge in [-0.15, -0.1) is 0 Å². The quantitative estimate of drug-likeness (QED) is 0.468. The molecule has 1 aliphatic heterocycles. The molecule has 2 nitrogen and oxygen atoms in total. The van der Waals surface area contributed by atoms with Gasteiger partial charge >= 0.3 is 0 Å². The fourth-order valence-electron chi connectivity index (χ4n) is 1.18. The summed E-state index contributed by atoms with van der Waals surface area (Å²) in [5.74, 6) is -0.146. The molecule has 0 aromatic rings. The predicted molar refractivity (Wildman–Crippen MR) is 23.6 cm³/mol. The maximum Gasteiger partial charge on any atom is 0.168 e. The van der Waals surface area contributed by atoms with Crippen molar-refractivity contribution in [3.05, 3.63) is 0 Å². The molecule has 0 amide bonds. The SMILES string of the molecule is OC12CC1CCO2. The Labute approximate surface area is 42.1 Å². The molecule has 2 rings (SSSR count). The van der Waals surface area contributed by atoms with E-state index in [0.717, 1.165) is 19.4 Å². The minimum atomic E-state index is -0.639. The Balaban J connectivity index is 2.17. The standard InChI is InChI=1S/C5H8O2/c6-5-3-4(5)1-2-7-5/h4,6H,1-3H2. The molecule has 40 valence electrons. The maximum atomic E-state index is 9.05. The van der Waals surface area contributed by atoms with Crippen LogP contribution in [-0.2, 0) is 4.74 Å². The van der Waals surface area contributed by atoms with Gasteiger partial charge in [0.05, 0.1) is 6.61 Å². The van der Waals surface area contributed by atoms with Crippen LogP contribution in [0.25, 0.3) is 0 Å². The lowest BCUT2D eigenvalue weighted by Gasteiger charge is -1.99. The average molecular weight is 100 g/mol. The van der Waals surface area contributed by atoms with Gasteiger partial charge in [0.1, 0.15) is 0 Å². The molecule has 0 aromatic carbocycles. The van der Waals surface area contributed by atoms with Gasteiger partial charge in [-0.1, -0.05) is 0 Å². The Bertz CT molecular complexity index is 100. The first kappa shape index (κ1) is 3.87. The third-order valence-electron chi connectivity index (χ3n) is 1.83. The van der Waals surface area contributed by atoms with E-state index >= 15 is 0 Å². The Morgan fingerprint density at radius 3 is 2.71 bits per heavy atom. The van der Waals surface area contributed by atoms with E-state index in [9.17, 15) is 0 Å². The van der Waals surface area contributed by atoms with Crippen LogP contribution in [0.5, 0.6) is 0 Å². The van der Waals surface area contributed by atoms with E-state index in [1.54, 1.807) is 0 Å².